The van der Waals surface area contributed by atoms with Crippen molar-refractivity contribution < 1.29 is 73.5 Å². The Bertz CT molecular complexity index is 6120. The Hall–Kier alpha value is -12.7. The predicted molar refractivity (Wildman–Crippen MR) is 554 cm³/mol. The minimum Gasteiger partial charge on any atom is -0.493 e. The van der Waals surface area contributed by atoms with Crippen LogP contribution in [0.1, 0.15) is 82.7 Å². The Morgan fingerprint density at radius 1 is 0.293 bits per heavy atom. The lowest BCUT2D eigenvalue weighted by molar-refractivity contribution is -0.301. The molecule has 0 aliphatic rings. The van der Waals surface area contributed by atoms with Gasteiger partial charge in [0.2, 0.25) is 0 Å². The predicted octanol–water partition coefficient (Wildman–Crippen LogP) is 29.4. The maximum Gasteiger partial charge on any atom is 0.453 e. The van der Waals surface area contributed by atoms with Gasteiger partial charge in [-0.2, -0.15) is 22.0 Å². The van der Waals surface area contributed by atoms with Gasteiger partial charge in [0.05, 0.1) is 81.2 Å². The zero-order valence-electron chi connectivity index (χ0n) is 81.0. The highest BCUT2D eigenvalue weighted by atomic mass is 32.2. The summed E-state index contributed by atoms with van der Waals surface area (Å²) >= 11 is 0. The number of nitrogens with zero attached hydrogens (tertiary/aromatic N) is 1. The largest absolute Gasteiger partial charge is 0.493 e. The molecule has 22 heteroatoms. The second-order valence-corrected chi connectivity index (χ2v) is 43.5. The molecule has 0 unspecified atom stereocenters. The van der Waals surface area contributed by atoms with Crippen LogP contribution < -0.4 is 18.9 Å². The molecule has 15 aromatic rings. The molecule has 0 heterocycles. The fraction of sp³-hybridized carbons (Fsp3) is 0.212. The average molecular weight is 1990 g/mol. The van der Waals surface area contributed by atoms with Gasteiger partial charge < -0.3 is 33.3 Å². The zero-order valence-corrected chi connectivity index (χ0v) is 85.1. The average Bonchev–Trinajstić information content (AvgIpc) is 0.779. The van der Waals surface area contributed by atoms with E-state index in [1.807, 2.05) is 163 Å². The standard InChI is InChI=1S/C27H26F7OS.C25H30NOS.C24H23O4S.C23H23O3S.C19H17S/c1-19-16-23(36(21-10-5-3-6-11-21)22-12-7-4-8-13-22)17-20(2)24(19)35-15-9-14-25(28,29)18-26(30,31)27(32,33)34;1-20-18-24(19-21(2)25(20)27-17-11-16-26(3)4)28(22-12-7-5-8-13-22)23-14-9-6-10-15-23;1-17-14-22(15-18(2)24(17)28-23(26)16-27-19(3)25)29(20-10-6-4-7-11-20)21-12-8-5-9-13-21;1-17-14-21(15-18(2)23(17)26-16-22(24)25-3)27(19-10-6-4-7-11-19)20-12-8-5-9-13-20;1-16-9-8-14-19(15-16)20(17-10-4-2-5-11-17)18-12-6-3-7-13-18/h3-8,10-13,16-17H,9,14-15,18H2,1-2H3;5-10,12-15,18-19H,11,16-17H2,1-4H3;4-15H,16H2,1-3H3;4-15H,16H2,1-3H3;2-15H,1H3/q5*+1. The number of methoxy groups -OCH3 is 1. The summed E-state index contributed by atoms with van der Waals surface area (Å²) in [6.45, 7) is 20.3. The Morgan fingerprint density at radius 2 is 0.543 bits per heavy atom. The first-order chi connectivity index (χ1) is 67.3. The van der Waals surface area contributed by atoms with Crippen molar-refractivity contribution in [1.82, 2.24) is 4.90 Å². The van der Waals surface area contributed by atoms with Crippen LogP contribution in [0.3, 0.4) is 0 Å². The minimum absolute atomic E-state index is 0.0249. The molecule has 0 saturated heterocycles. The first kappa shape index (κ1) is 108. The van der Waals surface area contributed by atoms with Gasteiger partial charge in [0.15, 0.2) is 86.6 Å². The Kier molecular flexibility index (Phi) is 40.9. The molecule has 0 atom stereocenters. The van der Waals surface area contributed by atoms with E-state index in [1.165, 1.54) is 84.6 Å². The number of halogens is 7. The highest BCUT2D eigenvalue weighted by Gasteiger charge is 2.61. The summed E-state index contributed by atoms with van der Waals surface area (Å²) in [6, 6.07) is 131. The molecule has 724 valence electrons. The van der Waals surface area contributed by atoms with E-state index in [0.717, 1.165) is 84.0 Å². The van der Waals surface area contributed by atoms with Gasteiger partial charge in [-0.1, -0.05) is 194 Å². The van der Waals surface area contributed by atoms with Gasteiger partial charge in [-0.15, -0.1) is 0 Å². The van der Waals surface area contributed by atoms with Crippen molar-refractivity contribution in [2.45, 2.75) is 186 Å². The van der Waals surface area contributed by atoms with Gasteiger partial charge in [0.1, 0.15) is 23.0 Å². The van der Waals surface area contributed by atoms with Crippen molar-refractivity contribution >= 4 is 72.4 Å². The molecule has 0 fully saturated rings. The van der Waals surface area contributed by atoms with Gasteiger partial charge in [0, 0.05) is 68.4 Å². The van der Waals surface area contributed by atoms with E-state index in [-0.39, 0.29) is 69.2 Å². The SMILES string of the molecule is CC(=O)OCC(=O)Oc1c(C)cc([S+](c2ccccc2)c2ccccc2)cc1C.COC(=O)COc1c(C)cc([S+](c2ccccc2)c2ccccc2)cc1C.Cc1cc([S+](c2ccccc2)c2ccccc2)cc(C)c1OCCCC(F)(F)CC(F)(F)C(F)(F)F.Cc1cc([S+](c2ccccc2)c2ccccc2)cc(C)c1OCCCN(C)C.Cc1cccc([S+](c2ccccc2)c2ccccc2)c1. The molecule has 0 amide bonds. The molecule has 0 saturated carbocycles. The van der Waals surface area contributed by atoms with E-state index >= 15 is 0 Å². The molecule has 0 aliphatic heterocycles. The lowest BCUT2D eigenvalue weighted by atomic mass is 10.0. The second-order valence-electron chi connectivity index (χ2n) is 33.3. The lowest BCUT2D eigenvalue weighted by Crippen LogP contribution is -2.41. The third-order valence-electron chi connectivity index (χ3n) is 21.7. The fourth-order valence-corrected chi connectivity index (χ4v) is 26.6. The van der Waals surface area contributed by atoms with Crippen LogP contribution in [0, 0.1) is 62.3 Å². The summed E-state index contributed by atoms with van der Waals surface area (Å²) in [4.78, 5) is 55.2. The smallest absolute Gasteiger partial charge is 0.453 e. The monoisotopic (exact) mass is 1990 g/mol. The van der Waals surface area contributed by atoms with E-state index in [0.29, 0.717) is 11.5 Å². The van der Waals surface area contributed by atoms with Crippen LogP contribution in [0.25, 0.3) is 0 Å². The summed E-state index contributed by atoms with van der Waals surface area (Å²) < 4.78 is 123. The quantitative estimate of drug-likeness (QED) is 0.0130. The topological polar surface area (TPSA) is 110 Å². The Balaban J connectivity index is 0.000000169. The number of benzene rings is 15. The summed E-state index contributed by atoms with van der Waals surface area (Å²) in [5.41, 5.74) is 9.02. The van der Waals surface area contributed by atoms with E-state index in [2.05, 4.69) is 299 Å². The summed E-state index contributed by atoms with van der Waals surface area (Å²) in [7, 11) is 4.53. The van der Waals surface area contributed by atoms with Gasteiger partial charge in [0.25, 0.3) is 5.92 Å². The third-order valence-corrected chi connectivity index (χ3v) is 32.7. The Morgan fingerprint density at radius 3 is 0.793 bits per heavy atom. The van der Waals surface area contributed by atoms with Crippen LogP contribution in [0.2, 0.25) is 0 Å². The third kappa shape index (κ3) is 31.7. The van der Waals surface area contributed by atoms with Crippen molar-refractivity contribution in [3.63, 3.8) is 0 Å². The van der Waals surface area contributed by atoms with Crippen LogP contribution >= 0.6 is 0 Å². The molecular weight excluding hydrogens is 1870 g/mol. The molecule has 0 N–H and O–H groups in total. The lowest BCUT2D eigenvalue weighted by Gasteiger charge is -2.25. The molecule has 15 aromatic carbocycles. The van der Waals surface area contributed by atoms with Crippen LogP contribution in [0.5, 0.6) is 23.0 Å². The van der Waals surface area contributed by atoms with Gasteiger partial charge in [-0.3, -0.25) is 4.79 Å². The normalized spacial score (nSPS) is 11.3. The molecule has 0 aliphatic carbocycles. The number of alkyl halides is 7. The molecular formula is C118H119F7NO9S5+5. The number of ether oxygens (including phenoxy) is 6. The molecule has 140 heavy (non-hydrogen) atoms. The van der Waals surface area contributed by atoms with Crippen molar-refractivity contribution in [3.05, 3.63) is 426 Å². The fourth-order valence-electron chi connectivity index (χ4n) is 15.4. The highest BCUT2D eigenvalue weighted by molar-refractivity contribution is 7.98. The molecule has 15 rings (SSSR count). The Labute approximate surface area is 834 Å². The number of carbonyl (C=O) groups is 3. The zero-order chi connectivity index (χ0) is 100. The van der Waals surface area contributed by atoms with Crippen molar-refractivity contribution in [1.29, 1.82) is 0 Å². The van der Waals surface area contributed by atoms with Gasteiger partial charge in [-0.25, -0.2) is 18.4 Å². The second kappa shape index (κ2) is 53.1. The number of hydrogen-bond donors (Lipinski definition) is 0. The van der Waals surface area contributed by atoms with Gasteiger partial charge >= 0.3 is 30.0 Å². The number of aryl methyl sites for hydroxylation is 9. The van der Waals surface area contributed by atoms with Crippen molar-refractivity contribution in [3.8, 4) is 23.0 Å². The van der Waals surface area contributed by atoms with E-state index in [9.17, 15) is 45.1 Å². The van der Waals surface area contributed by atoms with Crippen LogP contribution in [0.4, 0.5) is 30.7 Å². The van der Waals surface area contributed by atoms with Crippen LogP contribution in [-0.2, 0) is 78.3 Å². The van der Waals surface area contributed by atoms with Crippen molar-refractivity contribution in [2.24, 2.45) is 0 Å². The summed E-state index contributed by atoms with van der Waals surface area (Å²) in [5, 5.41) is 0. The van der Waals surface area contributed by atoms with E-state index in [1.54, 1.807) is 0 Å². The summed E-state index contributed by atoms with van der Waals surface area (Å²) in [5.74, 6) is -8.34. The number of rotatable bonds is 33. The first-order valence-electron chi connectivity index (χ1n) is 45.8. The summed E-state index contributed by atoms with van der Waals surface area (Å²) in [6.07, 6.45) is -9.06. The maximum atomic E-state index is 13.8. The number of hydrogen-bond acceptors (Lipinski definition) is 10. The van der Waals surface area contributed by atoms with Crippen molar-refractivity contribution in [2.75, 3.05) is 54.2 Å². The number of esters is 3. The van der Waals surface area contributed by atoms with Crippen LogP contribution in [0.15, 0.2) is 450 Å². The van der Waals surface area contributed by atoms with E-state index < -0.39 is 60.3 Å². The molecule has 0 spiro atoms. The molecule has 10 nitrogen and oxygen atoms in total. The number of carbonyl (C=O) groups excluding carboxylic acids is 3. The maximum absolute atomic E-state index is 13.8. The molecule has 0 radical (unpaired) electrons. The van der Waals surface area contributed by atoms with E-state index in [4.69, 9.17) is 23.7 Å². The first-order valence-corrected chi connectivity index (χ1v) is 51.9. The van der Waals surface area contributed by atoms with Gasteiger partial charge in [-0.05, 0) is 273 Å². The minimum atomic E-state index is -6.01. The highest BCUT2D eigenvalue weighted by Crippen LogP contribution is 2.46. The van der Waals surface area contributed by atoms with Crippen LogP contribution in [-0.4, -0.2) is 95.0 Å². The molecule has 0 aromatic heterocycles. The molecule has 0 bridgehead atoms.